The third kappa shape index (κ3) is 4.33. The molecule has 1 aromatic heterocycles. The second kappa shape index (κ2) is 7.25. The number of ether oxygens (including phenoxy) is 1. The molecule has 1 aliphatic heterocycles. The minimum Gasteiger partial charge on any atom is -0.463 e. The summed E-state index contributed by atoms with van der Waals surface area (Å²) in [6.45, 7) is 10.4. The summed E-state index contributed by atoms with van der Waals surface area (Å²) in [5, 5.41) is 3.41. The van der Waals surface area contributed by atoms with Gasteiger partial charge < -0.3 is 14.5 Å². The fourth-order valence-corrected chi connectivity index (χ4v) is 2.66. The molecule has 0 unspecified atom stereocenters. The molecule has 0 radical (unpaired) electrons. The van der Waals surface area contributed by atoms with Crippen molar-refractivity contribution in [2.24, 2.45) is 0 Å². The van der Waals surface area contributed by atoms with E-state index in [-0.39, 0.29) is 0 Å². The van der Waals surface area contributed by atoms with Gasteiger partial charge in [0.2, 0.25) is 0 Å². The van der Waals surface area contributed by atoms with Gasteiger partial charge in [-0.05, 0) is 31.4 Å². The largest absolute Gasteiger partial charge is 0.463 e. The quantitative estimate of drug-likeness (QED) is 0.869. The molecule has 0 bridgehead atoms. The van der Waals surface area contributed by atoms with Crippen molar-refractivity contribution in [2.75, 3.05) is 20.2 Å². The molecule has 1 aliphatic rings. The Morgan fingerprint density at radius 3 is 2.70 bits per heavy atom. The van der Waals surface area contributed by atoms with E-state index in [1.54, 1.807) is 0 Å². The van der Waals surface area contributed by atoms with Crippen LogP contribution in [0.5, 0.6) is 0 Å². The zero-order valence-electron chi connectivity index (χ0n) is 13.2. The minimum absolute atomic E-state index is 0.440. The molecule has 0 amide bonds. The zero-order chi connectivity index (χ0) is 14.5. The van der Waals surface area contributed by atoms with E-state index >= 15 is 0 Å². The first-order chi connectivity index (χ1) is 9.58. The van der Waals surface area contributed by atoms with Gasteiger partial charge in [-0.1, -0.05) is 13.8 Å². The maximum Gasteiger partial charge on any atom is 0.120 e. The highest BCUT2D eigenvalue weighted by atomic mass is 16.5. The average molecular weight is 280 g/mol. The van der Waals surface area contributed by atoms with Gasteiger partial charge in [-0.2, -0.15) is 0 Å². The Labute approximate surface area is 122 Å². The predicted octanol–water partition coefficient (Wildman–Crippen LogP) is 2.70. The molecule has 0 aromatic carbocycles. The molecule has 1 saturated heterocycles. The lowest BCUT2D eigenvalue weighted by molar-refractivity contribution is 0.0369. The number of aryl methyl sites for hydroxylation is 1. The first kappa shape index (κ1) is 15.5. The Bertz CT molecular complexity index is 407. The number of likely N-dealkylation sites (tertiary alicyclic amines) is 1. The van der Waals surface area contributed by atoms with Gasteiger partial charge in [-0.15, -0.1) is 0 Å². The number of hydrogen-bond acceptors (Lipinski definition) is 4. The van der Waals surface area contributed by atoms with Gasteiger partial charge in [0, 0.05) is 26.2 Å². The van der Waals surface area contributed by atoms with Crippen LogP contribution in [-0.4, -0.2) is 37.2 Å². The average Bonchev–Trinajstić information content (AvgIpc) is 2.77. The lowest BCUT2D eigenvalue weighted by Crippen LogP contribution is -2.36. The topological polar surface area (TPSA) is 37.6 Å². The van der Waals surface area contributed by atoms with Crippen molar-refractivity contribution in [3.8, 4) is 0 Å². The summed E-state index contributed by atoms with van der Waals surface area (Å²) in [5.74, 6) is 2.15. The van der Waals surface area contributed by atoms with E-state index in [4.69, 9.17) is 9.15 Å². The van der Waals surface area contributed by atoms with E-state index in [0.29, 0.717) is 12.1 Å². The van der Waals surface area contributed by atoms with Gasteiger partial charge in [-0.3, -0.25) is 4.90 Å². The van der Waals surface area contributed by atoms with Crippen LogP contribution in [0.3, 0.4) is 0 Å². The van der Waals surface area contributed by atoms with Crippen LogP contribution in [0.2, 0.25) is 0 Å². The first-order valence-corrected chi connectivity index (χ1v) is 7.65. The van der Waals surface area contributed by atoms with Crippen LogP contribution in [0.1, 0.15) is 43.8 Å². The molecule has 2 heterocycles. The molecule has 0 spiro atoms. The van der Waals surface area contributed by atoms with Gasteiger partial charge in [0.15, 0.2) is 0 Å². The fourth-order valence-electron chi connectivity index (χ4n) is 2.66. The molecule has 2 rings (SSSR count). The van der Waals surface area contributed by atoms with Crippen LogP contribution >= 0.6 is 0 Å². The van der Waals surface area contributed by atoms with E-state index in [0.717, 1.165) is 50.5 Å². The summed E-state index contributed by atoms with van der Waals surface area (Å²) < 4.78 is 11.4. The molecule has 0 saturated carbocycles. The van der Waals surface area contributed by atoms with Crippen molar-refractivity contribution in [3.05, 3.63) is 23.2 Å². The number of hydrogen-bond donors (Lipinski definition) is 1. The molecule has 1 N–H and O–H groups in total. The van der Waals surface area contributed by atoms with E-state index in [2.05, 4.69) is 37.1 Å². The lowest BCUT2D eigenvalue weighted by atomic mass is 10.1. The smallest absolute Gasteiger partial charge is 0.120 e. The monoisotopic (exact) mass is 280 g/mol. The standard InChI is InChI=1S/C16H28N2O2/c1-12(2)17-10-16-13(3)9-15(20-16)11-18-7-5-14(19-4)6-8-18/h9,12,14,17H,5-8,10-11H2,1-4H3. The highest BCUT2D eigenvalue weighted by Gasteiger charge is 2.20. The van der Waals surface area contributed by atoms with Crippen LogP contribution < -0.4 is 5.32 Å². The molecule has 20 heavy (non-hydrogen) atoms. The van der Waals surface area contributed by atoms with Crippen molar-refractivity contribution >= 4 is 0 Å². The zero-order valence-corrected chi connectivity index (χ0v) is 13.2. The highest BCUT2D eigenvalue weighted by molar-refractivity contribution is 5.20. The molecule has 4 nitrogen and oxygen atoms in total. The number of furan rings is 1. The van der Waals surface area contributed by atoms with Gasteiger partial charge in [0.25, 0.3) is 0 Å². The van der Waals surface area contributed by atoms with Crippen molar-refractivity contribution in [1.82, 2.24) is 10.2 Å². The van der Waals surface area contributed by atoms with Crippen molar-refractivity contribution < 1.29 is 9.15 Å². The molecular formula is C16H28N2O2. The maximum absolute atomic E-state index is 5.99. The summed E-state index contributed by atoms with van der Waals surface area (Å²) >= 11 is 0. The van der Waals surface area contributed by atoms with Crippen molar-refractivity contribution in [1.29, 1.82) is 0 Å². The van der Waals surface area contributed by atoms with Crippen LogP contribution in [-0.2, 0) is 17.8 Å². The molecule has 1 fully saturated rings. The second-order valence-corrected chi connectivity index (χ2v) is 6.07. The minimum atomic E-state index is 0.440. The van der Waals surface area contributed by atoms with Gasteiger partial charge >= 0.3 is 0 Å². The number of piperidine rings is 1. The summed E-state index contributed by atoms with van der Waals surface area (Å²) in [6.07, 6.45) is 2.69. The lowest BCUT2D eigenvalue weighted by Gasteiger charge is -2.30. The molecule has 114 valence electrons. The second-order valence-electron chi connectivity index (χ2n) is 6.07. The Morgan fingerprint density at radius 2 is 2.10 bits per heavy atom. The normalized spacial score (nSPS) is 18.1. The molecular weight excluding hydrogens is 252 g/mol. The number of nitrogens with one attached hydrogen (secondary N) is 1. The summed E-state index contributed by atoms with van der Waals surface area (Å²) in [5.41, 5.74) is 1.25. The fraction of sp³-hybridized carbons (Fsp3) is 0.750. The van der Waals surface area contributed by atoms with Crippen LogP contribution in [0.15, 0.2) is 10.5 Å². The van der Waals surface area contributed by atoms with Crippen LogP contribution in [0.25, 0.3) is 0 Å². The third-order valence-electron chi connectivity index (χ3n) is 3.99. The SMILES string of the molecule is COC1CCN(Cc2cc(C)c(CNC(C)C)o2)CC1. The predicted molar refractivity (Wildman–Crippen MR) is 80.7 cm³/mol. The third-order valence-corrected chi connectivity index (χ3v) is 3.99. The van der Waals surface area contributed by atoms with E-state index in [9.17, 15) is 0 Å². The Morgan fingerprint density at radius 1 is 1.40 bits per heavy atom. The van der Waals surface area contributed by atoms with Gasteiger partial charge in [0.05, 0.1) is 19.2 Å². The Balaban J connectivity index is 1.86. The summed E-state index contributed by atoms with van der Waals surface area (Å²) in [4.78, 5) is 2.45. The Hall–Kier alpha value is -0.840. The number of methoxy groups -OCH3 is 1. The molecule has 1 aromatic rings. The summed E-state index contributed by atoms with van der Waals surface area (Å²) in [7, 11) is 1.81. The molecule has 0 atom stereocenters. The molecule has 4 heteroatoms. The van der Waals surface area contributed by atoms with Crippen molar-refractivity contribution in [3.63, 3.8) is 0 Å². The van der Waals surface area contributed by atoms with Crippen LogP contribution in [0, 0.1) is 6.92 Å². The van der Waals surface area contributed by atoms with Gasteiger partial charge in [-0.25, -0.2) is 0 Å². The number of nitrogens with zero attached hydrogens (tertiary/aromatic N) is 1. The van der Waals surface area contributed by atoms with E-state index in [1.807, 2.05) is 7.11 Å². The maximum atomic E-state index is 5.99. The Kier molecular flexibility index (Phi) is 5.64. The van der Waals surface area contributed by atoms with E-state index < -0.39 is 0 Å². The first-order valence-electron chi connectivity index (χ1n) is 7.65. The highest BCUT2D eigenvalue weighted by Crippen LogP contribution is 2.19. The molecule has 0 aliphatic carbocycles. The van der Waals surface area contributed by atoms with E-state index in [1.165, 1.54) is 5.56 Å². The van der Waals surface area contributed by atoms with Crippen LogP contribution in [0.4, 0.5) is 0 Å². The van der Waals surface area contributed by atoms with Crippen molar-refractivity contribution in [2.45, 2.75) is 58.8 Å². The number of rotatable bonds is 6. The summed E-state index contributed by atoms with van der Waals surface area (Å²) in [6, 6.07) is 2.66. The van der Waals surface area contributed by atoms with Gasteiger partial charge in [0.1, 0.15) is 11.5 Å².